The van der Waals surface area contributed by atoms with Crippen molar-refractivity contribution in [1.29, 1.82) is 0 Å². The Bertz CT molecular complexity index is 1360. The van der Waals surface area contributed by atoms with Crippen molar-refractivity contribution >= 4 is 15.5 Å². The van der Waals surface area contributed by atoms with Crippen molar-refractivity contribution < 1.29 is 13.5 Å². The highest BCUT2D eigenvalue weighted by Crippen LogP contribution is 2.29. The quantitative estimate of drug-likeness (QED) is 0.368. The molecule has 3 aromatic rings. The molecule has 0 unspecified atom stereocenters. The Kier molecular flexibility index (Phi) is 7.55. The van der Waals surface area contributed by atoms with E-state index in [4.69, 9.17) is 0 Å². The average Bonchev–Trinajstić information content (AvgIpc) is 3.14. The summed E-state index contributed by atoms with van der Waals surface area (Å²) in [5.41, 5.74) is 0.618. The first kappa shape index (κ1) is 25.3. The molecule has 1 saturated heterocycles. The number of rotatable bonds is 9. The van der Waals surface area contributed by atoms with E-state index < -0.39 is 15.6 Å². The van der Waals surface area contributed by atoms with Gasteiger partial charge in [0.25, 0.3) is 5.56 Å². The molecule has 0 atom stereocenters. The summed E-state index contributed by atoms with van der Waals surface area (Å²) >= 11 is 0. The summed E-state index contributed by atoms with van der Waals surface area (Å²) in [6.45, 7) is 8.87. The number of hydrogen-bond donors (Lipinski definition) is 3. The molecule has 0 amide bonds. The van der Waals surface area contributed by atoms with Crippen LogP contribution in [-0.4, -0.2) is 89.2 Å². The molecule has 12 heteroatoms. The Hall–Kier alpha value is -2.80. The number of H-pyrrole nitrogens is 1. The lowest BCUT2D eigenvalue weighted by Gasteiger charge is -2.32. The molecule has 0 bridgehead atoms. The molecule has 0 saturated carbocycles. The molecule has 1 aliphatic rings. The number of piperazine rings is 1. The number of sulfonamides is 1. The molecule has 3 N–H and O–H groups in total. The van der Waals surface area contributed by atoms with Crippen LogP contribution in [0.15, 0.2) is 27.9 Å². The first-order chi connectivity index (χ1) is 16.7. The van der Waals surface area contributed by atoms with Crippen LogP contribution in [-0.2, 0) is 16.4 Å². The Morgan fingerprint density at radius 1 is 1.20 bits per heavy atom. The molecule has 1 aliphatic heterocycles. The number of phenolic OH excluding ortho intramolecular Hbond substituents is 1. The van der Waals surface area contributed by atoms with Gasteiger partial charge in [-0.25, -0.2) is 22.6 Å². The van der Waals surface area contributed by atoms with Crippen molar-refractivity contribution in [2.45, 2.75) is 38.0 Å². The van der Waals surface area contributed by atoms with Crippen LogP contribution in [0.4, 0.5) is 0 Å². The van der Waals surface area contributed by atoms with Crippen LogP contribution in [0, 0.1) is 6.92 Å². The van der Waals surface area contributed by atoms with E-state index in [9.17, 15) is 18.3 Å². The van der Waals surface area contributed by atoms with Gasteiger partial charge in [0, 0.05) is 39.1 Å². The number of aromatic hydroxyl groups is 1. The monoisotopic (exact) mass is 503 g/mol. The molecule has 3 heterocycles. The molecule has 35 heavy (non-hydrogen) atoms. The van der Waals surface area contributed by atoms with Gasteiger partial charge in [-0.1, -0.05) is 6.92 Å². The van der Waals surface area contributed by atoms with Crippen LogP contribution >= 0.6 is 0 Å². The van der Waals surface area contributed by atoms with Gasteiger partial charge < -0.3 is 19.9 Å². The normalized spacial score (nSPS) is 15.7. The topological polar surface area (TPSA) is 136 Å². The van der Waals surface area contributed by atoms with Gasteiger partial charge in [-0.2, -0.15) is 0 Å². The molecule has 1 aromatic carbocycles. The lowest BCUT2D eigenvalue weighted by atomic mass is 10.2. The summed E-state index contributed by atoms with van der Waals surface area (Å²) in [5.74, 6) is 0.523. The fourth-order valence-electron chi connectivity index (χ4n) is 4.28. The number of phenols is 1. The summed E-state index contributed by atoms with van der Waals surface area (Å²) in [4.78, 5) is 24.5. The Morgan fingerprint density at radius 2 is 1.94 bits per heavy atom. The van der Waals surface area contributed by atoms with Crippen LogP contribution in [0.2, 0.25) is 0 Å². The maximum absolute atomic E-state index is 12.9. The van der Waals surface area contributed by atoms with E-state index >= 15 is 0 Å². The summed E-state index contributed by atoms with van der Waals surface area (Å²) in [7, 11) is -1.71. The van der Waals surface area contributed by atoms with Gasteiger partial charge >= 0.3 is 0 Å². The number of nitrogens with zero attached hydrogens (tertiary/aromatic N) is 5. The number of benzene rings is 1. The number of hydrogen-bond acceptors (Lipinski definition) is 8. The first-order valence-electron chi connectivity index (χ1n) is 11.9. The third kappa shape index (κ3) is 5.56. The van der Waals surface area contributed by atoms with Crippen LogP contribution < -0.4 is 10.3 Å². The second kappa shape index (κ2) is 10.4. The second-order valence-electron chi connectivity index (χ2n) is 9.00. The molecule has 11 nitrogen and oxygen atoms in total. The Morgan fingerprint density at radius 3 is 2.66 bits per heavy atom. The van der Waals surface area contributed by atoms with Gasteiger partial charge in [0.2, 0.25) is 10.0 Å². The molecule has 0 radical (unpaired) electrons. The molecule has 0 aliphatic carbocycles. The van der Waals surface area contributed by atoms with E-state index in [1.165, 1.54) is 22.7 Å². The molecule has 0 spiro atoms. The van der Waals surface area contributed by atoms with Crippen LogP contribution in [0.1, 0.15) is 31.3 Å². The zero-order valence-corrected chi connectivity index (χ0v) is 21.2. The first-order valence-corrected chi connectivity index (χ1v) is 13.4. The minimum atomic E-state index is -3.81. The number of aryl methyl sites for hydroxylation is 2. The lowest BCUT2D eigenvalue weighted by Crippen LogP contribution is -2.45. The van der Waals surface area contributed by atoms with E-state index in [1.807, 2.05) is 6.92 Å². The fraction of sp³-hybridized carbons (Fsp3) is 0.522. The number of aromatic amines is 1. The molecular formula is C23H33N7O4S. The Labute approximate surface area is 204 Å². The highest BCUT2D eigenvalue weighted by atomic mass is 32.2. The predicted molar refractivity (Wildman–Crippen MR) is 133 cm³/mol. The SMILES string of the molecule is CCCc1nc(C)c2c(=O)[nH]c(-c3cc(S(=O)(=O)NCCCN4CCN(C)CC4)ccc3O)nn12. The van der Waals surface area contributed by atoms with E-state index in [1.54, 1.807) is 6.92 Å². The maximum Gasteiger partial charge on any atom is 0.277 e. The van der Waals surface area contributed by atoms with Crippen molar-refractivity contribution in [2.24, 2.45) is 0 Å². The number of imidazole rings is 1. The van der Waals surface area contributed by atoms with Gasteiger partial charge in [0.15, 0.2) is 11.3 Å². The standard InChI is InChI=1S/C23H33N7O4S/c1-4-6-20-25-16(2)21-23(32)26-22(27-30(20)21)18-15-17(7-8-19(18)31)35(33,34)24-9-5-10-29-13-11-28(3)12-14-29/h7-8,15,24,31H,4-6,9-14H2,1-3H3,(H,26,27,32). The number of nitrogens with one attached hydrogen (secondary N) is 2. The van der Waals surface area contributed by atoms with Crippen molar-refractivity contribution in [1.82, 2.24) is 34.1 Å². The third-order valence-electron chi connectivity index (χ3n) is 6.29. The smallest absolute Gasteiger partial charge is 0.277 e. The Balaban J connectivity index is 1.54. The van der Waals surface area contributed by atoms with Gasteiger partial charge in [-0.3, -0.25) is 4.79 Å². The highest BCUT2D eigenvalue weighted by molar-refractivity contribution is 7.89. The zero-order valence-electron chi connectivity index (χ0n) is 20.4. The molecule has 190 valence electrons. The van der Waals surface area contributed by atoms with Crippen LogP contribution in [0.5, 0.6) is 5.75 Å². The maximum atomic E-state index is 12.9. The van der Waals surface area contributed by atoms with Crippen molar-refractivity contribution in [3.63, 3.8) is 0 Å². The fourth-order valence-corrected chi connectivity index (χ4v) is 5.38. The summed E-state index contributed by atoms with van der Waals surface area (Å²) in [5, 5.41) is 14.9. The third-order valence-corrected chi connectivity index (χ3v) is 7.75. The van der Waals surface area contributed by atoms with Crippen LogP contribution in [0.25, 0.3) is 16.9 Å². The minimum absolute atomic E-state index is 0.0109. The predicted octanol–water partition coefficient (Wildman–Crippen LogP) is 0.967. The molecule has 2 aromatic heterocycles. The van der Waals surface area contributed by atoms with E-state index in [0.29, 0.717) is 36.4 Å². The van der Waals surface area contributed by atoms with Gasteiger partial charge in [0.05, 0.1) is 16.2 Å². The van der Waals surface area contributed by atoms with Gasteiger partial charge in [-0.05, 0) is 51.6 Å². The minimum Gasteiger partial charge on any atom is -0.507 e. The number of likely N-dealkylation sites (N-methyl/N-ethyl adjacent to an activating group) is 1. The molecule has 1 fully saturated rings. The number of fused-ring (bicyclic) bond motifs is 1. The second-order valence-corrected chi connectivity index (χ2v) is 10.8. The average molecular weight is 504 g/mol. The van der Waals surface area contributed by atoms with Gasteiger partial charge in [0.1, 0.15) is 11.6 Å². The summed E-state index contributed by atoms with van der Waals surface area (Å²) in [6, 6.07) is 3.96. The highest BCUT2D eigenvalue weighted by Gasteiger charge is 2.20. The molecule has 4 rings (SSSR count). The zero-order chi connectivity index (χ0) is 25.2. The van der Waals surface area contributed by atoms with Gasteiger partial charge in [-0.15, -0.1) is 5.10 Å². The van der Waals surface area contributed by atoms with Crippen molar-refractivity contribution in [2.75, 3.05) is 46.3 Å². The van der Waals surface area contributed by atoms with E-state index in [-0.39, 0.29) is 22.0 Å². The van der Waals surface area contributed by atoms with Crippen molar-refractivity contribution in [3.8, 4) is 17.1 Å². The summed E-state index contributed by atoms with van der Waals surface area (Å²) < 4.78 is 30.0. The van der Waals surface area contributed by atoms with Crippen LogP contribution in [0.3, 0.4) is 0 Å². The molecular weight excluding hydrogens is 470 g/mol. The van der Waals surface area contributed by atoms with E-state index in [0.717, 1.165) is 39.1 Å². The van der Waals surface area contributed by atoms with Crippen molar-refractivity contribution in [3.05, 3.63) is 40.1 Å². The number of aromatic nitrogens is 4. The van der Waals surface area contributed by atoms with E-state index in [2.05, 4.69) is 36.6 Å². The largest absolute Gasteiger partial charge is 0.507 e. The lowest BCUT2D eigenvalue weighted by molar-refractivity contribution is 0.153. The summed E-state index contributed by atoms with van der Waals surface area (Å²) in [6.07, 6.45) is 2.14.